The topological polar surface area (TPSA) is 69.6 Å². The minimum atomic E-state index is -0.955. The Morgan fingerprint density at radius 1 is 1.44 bits per heavy atom. The van der Waals surface area contributed by atoms with Crippen LogP contribution in [0.15, 0.2) is 0 Å². The van der Waals surface area contributed by atoms with Gasteiger partial charge in [0.2, 0.25) is 0 Å². The van der Waals surface area contributed by atoms with Crippen LogP contribution in [0.4, 0.5) is 4.79 Å². The molecule has 104 valence electrons. The summed E-state index contributed by atoms with van der Waals surface area (Å²) in [5.41, 5.74) is 0. The van der Waals surface area contributed by atoms with Crippen LogP contribution in [-0.4, -0.2) is 40.6 Å². The Bertz CT molecular complexity index is 307. The van der Waals surface area contributed by atoms with E-state index in [1.807, 2.05) is 13.8 Å². The normalized spacial score (nSPS) is 25.6. The van der Waals surface area contributed by atoms with Gasteiger partial charge in [-0.1, -0.05) is 20.3 Å². The number of nitrogens with one attached hydrogen (secondary N) is 1. The minimum absolute atomic E-state index is 0.185. The summed E-state index contributed by atoms with van der Waals surface area (Å²) >= 11 is 0. The second-order valence-electron chi connectivity index (χ2n) is 5.30. The van der Waals surface area contributed by atoms with E-state index in [-0.39, 0.29) is 12.1 Å². The molecule has 1 saturated heterocycles. The Balaban J connectivity index is 2.55. The number of carboxylic acid groups (broad SMARTS) is 1. The molecule has 3 atom stereocenters. The first-order valence-electron chi connectivity index (χ1n) is 6.75. The number of hydrogen-bond acceptors (Lipinski definition) is 2. The number of hydrogen-bond donors (Lipinski definition) is 2. The summed E-state index contributed by atoms with van der Waals surface area (Å²) in [6.45, 7) is 6.83. The third-order valence-corrected chi connectivity index (χ3v) is 3.57. The van der Waals surface area contributed by atoms with Crippen molar-refractivity contribution in [3.05, 3.63) is 0 Å². The molecule has 18 heavy (non-hydrogen) atoms. The molecule has 0 bridgehead atoms. The van der Waals surface area contributed by atoms with E-state index in [0.717, 1.165) is 19.3 Å². The third-order valence-electron chi connectivity index (χ3n) is 3.57. The molecule has 1 aliphatic rings. The second-order valence-corrected chi connectivity index (χ2v) is 5.30. The number of likely N-dealkylation sites (tertiary alicyclic amines) is 1. The Morgan fingerprint density at radius 3 is 2.61 bits per heavy atom. The lowest BCUT2D eigenvalue weighted by molar-refractivity contribution is -0.139. The number of aliphatic carboxylic acids is 1. The largest absolute Gasteiger partial charge is 0.480 e. The lowest BCUT2D eigenvalue weighted by Gasteiger charge is -2.37. The van der Waals surface area contributed by atoms with Crippen molar-refractivity contribution in [2.75, 3.05) is 6.54 Å². The summed E-state index contributed by atoms with van der Waals surface area (Å²) < 4.78 is 0. The van der Waals surface area contributed by atoms with E-state index in [4.69, 9.17) is 5.11 Å². The van der Waals surface area contributed by atoms with Crippen LogP contribution >= 0.6 is 0 Å². The summed E-state index contributed by atoms with van der Waals surface area (Å²) in [5, 5.41) is 11.6. The van der Waals surface area contributed by atoms with Crippen LogP contribution < -0.4 is 5.32 Å². The van der Waals surface area contributed by atoms with Gasteiger partial charge in [0.25, 0.3) is 0 Å². The standard InChI is InChI=1S/C13H24N2O3/c1-4-5-11(12(16)17)14-13(18)15-7-6-9(2)8-10(15)3/h9-11H,4-8H2,1-3H3,(H,14,18)(H,16,17)/t9?,10?,11-/m0/s1. The molecule has 1 fully saturated rings. The molecular weight excluding hydrogens is 232 g/mol. The van der Waals surface area contributed by atoms with Crippen molar-refractivity contribution >= 4 is 12.0 Å². The predicted octanol–water partition coefficient (Wildman–Crippen LogP) is 2.07. The van der Waals surface area contributed by atoms with Gasteiger partial charge in [0.05, 0.1) is 0 Å². The highest BCUT2D eigenvalue weighted by atomic mass is 16.4. The van der Waals surface area contributed by atoms with Gasteiger partial charge in [-0.3, -0.25) is 0 Å². The molecule has 0 aromatic carbocycles. The molecule has 0 saturated carbocycles. The van der Waals surface area contributed by atoms with Crippen molar-refractivity contribution in [1.29, 1.82) is 0 Å². The monoisotopic (exact) mass is 256 g/mol. The van der Waals surface area contributed by atoms with Crippen molar-refractivity contribution in [1.82, 2.24) is 10.2 Å². The number of carboxylic acids is 1. The maximum atomic E-state index is 12.1. The van der Waals surface area contributed by atoms with Gasteiger partial charge in [-0.05, 0) is 32.1 Å². The van der Waals surface area contributed by atoms with Crippen molar-refractivity contribution in [3.8, 4) is 0 Å². The zero-order chi connectivity index (χ0) is 13.7. The van der Waals surface area contributed by atoms with Gasteiger partial charge < -0.3 is 15.3 Å². The van der Waals surface area contributed by atoms with Gasteiger partial charge in [-0.2, -0.15) is 0 Å². The van der Waals surface area contributed by atoms with Crippen molar-refractivity contribution in [3.63, 3.8) is 0 Å². The summed E-state index contributed by atoms with van der Waals surface area (Å²) in [6, 6.07) is -0.825. The fourth-order valence-electron chi connectivity index (χ4n) is 2.49. The molecule has 1 heterocycles. The van der Waals surface area contributed by atoms with E-state index in [2.05, 4.69) is 12.2 Å². The molecule has 1 aliphatic heterocycles. The molecule has 2 amide bonds. The third kappa shape index (κ3) is 3.89. The highest BCUT2D eigenvalue weighted by Crippen LogP contribution is 2.22. The van der Waals surface area contributed by atoms with Crippen LogP contribution in [0.1, 0.15) is 46.5 Å². The lowest BCUT2D eigenvalue weighted by Crippen LogP contribution is -2.53. The maximum absolute atomic E-state index is 12.1. The predicted molar refractivity (Wildman–Crippen MR) is 69.4 cm³/mol. The van der Waals surface area contributed by atoms with Gasteiger partial charge in [0.1, 0.15) is 6.04 Å². The van der Waals surface area contributed by atoms with Crippen LogP contribution in [0, 0.1) is 5.92 Å². The summed E-state index contributed by atoms with van der Waals surface area (Å²) in [5.74, 6) is -0.321. The quantitative estimate of drug-likeness (QED) is 0.809. The van der Waals surface area contributed by atoms with Gasteiger partial charge in [0.15, 0.2) is 0 Å². The SMILES string of the molecule is CCC[C@H](NC(=O)N1CCC(C)CC1C)C(=O)O. The smallest absolute Gasteiger partial charge is 0.326 e. The zero-order valence-corrected chi connectivity index (χ0v) is 11.5. The van der Waals surface area contributed by atoms with Crippen molar-refractivity contribution in [2.24, 2.45) is 5.92 Å². The first-order valence-corrected chi connectivity index (χ1v) is 6.75. The number of carbonyl (C=O) groups excluding carboxylic acids is 1. The molecule has 5 heteroatoms. The highest BCUT2D eigenvalue weighted by Gasteiger charge is 2.29. The Morgan fingerprint density at radius 2 is 2.11 bits per heavy atom. The second kappa shape index (κ2) is 6.61. The number of piperidine rings is 1. The molecule has 2 N–H and O–H groups in total. The van der Waals surface area contributed by atoms with Gasteiger partial charge in [0, 0.05) is 12.6 Å². The van der Waals surface area contributed by atoms with Crippen molar-refractivity contribution in [2.45, 2.75) is 58.5 Å². The number of amides is 2. The highest BCUT2D eigenvalue weighted by molar-refractivity contribution is 5.82. The summed E-state index contributed by atoms with van der Waals surface area (Å²) in [6.07, 6.45) is 3.19. The zero-order valence-electron chi connectivity index (χ0n) is 11.5. The lowest BCUT2D eigenvalue weighted by atomic mass is 9.94. The number of carbonyl (C=O) groups is 2. The number of urea groups is 1. The molecule has 0 spiro atoms. The molecule has 0 aliphatic carbocycles. The molecule has 0 aromatic heterocycles. The van der Waals surface area contributed by atoms with Crippen LogP contribution in [0.25, 0.3) is 0 Å². The van der Waals surface area contributed by atoms with Gasteiger partial charge in [-0.25, -0.2) is 9.59 Å². The molecule has 0 aromatic rings. The Kier molecular flexibility index (Phi) is 5.44. The van der Waals surface area contributed by atoms with Crippen LogP contribution in [0.5, 0.6) is 0 Å². The fourth-order valence-corrected chi connectivity index (χ4v) is 2.49. The molecule has 0 radical (unpaired) electrons. The van der Waals surface area contributed by atoms with E-state index in [0.29, 0.717) is 18.9 Å². The number of nitrogens with zero attached hydrogens (tertiary/aromatic N) is 1. The Labute approximate surface area is 109 Å². The van der Waals surface area contributed by atoms with Crippen LogP contribution in [0.3, 0.4) is 0 Å². The van der Waals surface area contributed by atoms with Gasteiger partial charge >= 0.3 is 12.0 Å². The van der Waals surface area contributed by atoms with E-state index < -0.39 is 12.0 Å². The van der Waals surface area contributed by atoms with E-state index >= 15 is 0 Å². The van der Waals surface area contributed by atoms with Crippen LogP contribution in [-0.2, 0) is 4.79 Å². The fraction of sp³-hybridized carbons (Fsp3) is 0.846. The summed E-state index contributed by atoms with van der Waals surface area (Å²) in [4.78, 5) is 24.8. The van der Waals surface area contributed by atoms with E-state index in [1.165, 1.54) is 0 Å². The molecule has 5 nitrogen and oxygen atoms in total. The maximum Gasteiger partial charge on any atom is 0.326 e. The first kappa shape index (κ1) is 14.8. The van der Waals surface area contributed by atoms with Crippen molar-refractivity contribution < 1.29 is 14.7 Å². The molecule has 1 rings (SSSR count). The van der Waals surface area contributed by atoms with Crippen LogP contribution in [0.2, 0.25) is 0 Å². The minimum Gasteiger partial charge on any atom is -0.480 e. The Hall–Kier alpha value is -1.26. The van der Waals surface area contributed by atoms with E-state index in [9.17, 15) is 9.59 Å². The average Bonchev–Trinajstić information content (AvgIpc) is 2.27. The first-order chi connectivity index (χ1) is 8.45. The van der Waals surface area contributed by atoms with Gasteiger partial charge in [-0.15, -0.1) is 0 Å². The molecule has 2 unspecified atom stereocenters. The average molecular weight is 256 g/mol. The molecular formula is C13H24N2O3. The van der Waals surface area contributed by atoms with E-state index in [1.54, 1.807) is 4.90 Å². The summed E-state index contributed by atoms with van der Waals surface area (Å²) in [7, 11) is 0. The number of rotatable bonds is 4.